The summed E-state index contributed by atoms with van der Waals surface area (Å²) in [6.45, 7) is 0. The van der Waals surface area contributed by atoms with Crippen LogP contribution in [0.4, 0.5) is 0 Å². The third kappa shape index (κ3) is 3.61. The second-order valence-corrected chi connectivity index (χ2v) is 4.36. The minimum absolute atomic E-state index is 0.0630. The van der Waals surface area contributed by atoms with Gasteiger partial charge < -0.3 is 14.3 Å². The molecule has 4 nitrogen and oxygen atoms in total. The Labute approximate surface area is 111 Å². The number of hydrogen-bond acceptors (Lipinski definition) is 4. The molecule has 19 heavy (non-hydrogen) atoms. The Hall–Kier alpha value is -2.23. The number of carbonyl (C=O) groups excluding carboxylic acids is 1. The fourth-order valence-electron chi connectivity index (χ4n) is 2.00. The molecule has 1 aromatic carbocycles. The molecule has 0 saturated heterocycles. The van der Waals surface area contributed by atoms with E-state index in [0.717, 1.165) is 11.3 Å². The van der Waals surface area contributed by atoms with Crippen LogP contribution in [-0.2, 0) is 16.0 Å². The Kier molecular flexibility index (Phi) is 4.23. The number of methoxy groups -OCH3 is 1. The lowest BCUT2D eigenvalue weighted by Gasteiger charge is -2.13. The minimum Gasteiger partial charge on any atom is -0.508 e. The van der Waals surface area contributed by atoms with Gasteiger partial charge in [0.15, 0.2) is 0 Å². The number of benzene rings is 1. The van der Waals surface area contributed by atoms with Gasteiger partial charge in [-0.05, 0) is 36.2 Å². The Morgan fingerprint density at radius 2 is 2.05 bits per heavy atom. The van der Waals surface area contributed by atoms with E-state index in [-0.39, 0.29) is 24.1 Å². The van der Waals surface area contributed by atoms with Gasteiger partial charge in [-0.3, -0.25) is 4.79 Å². The highest BCUT2D eigenvalue weighted by molar-refractivity contribution is 5.70. The highest BCUT2D eigenvalue weighted by Crippen LogP contribution is 2.26. The van der Waals surface area contributed by atoms with Gasteiger partial charge in [-0.1, -0.05) is 12.1 Å². The molecule has 1 atom stereocenters. The second kappa shape index (κ2) is 6.09. The lowest BCUT2D eigenvalue weighted by Crippen LogP contribution is -2.10. The molecular formula is C15H16O4. The summed E-state index contributed by atoms with van der Waals surface area (Å²) in [5.74, 6) is 0.664. The number of aromatic hydroxyl groups is 1. The Morgan fingerprint density at radius 3 is 2.63 bits per heavy atom. The normalized spacial score (nSPS) is 12.1. The first-order valence-electron chi connectivity index (χ1n) is 6.07. The van der Waals surface area contributed by atoms with Crippen LogP contribution in [0.1, 0.15) is 23.7 Å². The quantitative estimate of drug-likeness (QED) is 0.840. The molecule has 0 aliphatic heterocycles. The molecule has 4 heteroatoms. The predicted molar refractivity (Wildman–Crippen MR) is 69.9 cm³/mol. The summed E-state index contributed by atoms with van der Waals surface area (Å²) >= 11 is 0. The zero-order valence-corrected chi connectivity index (χ0v) is 10.7. The second-order valence-electron chi connectivity index (χ2n) is 4.36. The molecule has 0 saturated carbocycles. The summed E-state index contributed by atoms with van der Waals surface area (Å²) in [7, 11) is 1.38. The standard InChI is InChI=1S/C15H16O4/c1-18-15(17)10-12(14-3-2-8-19-14)9-11-4-6-13(16)7-5-11/h2-8,12,16H,9-10H2,1H3. The van der Waals surface area contributed by atoms with Gasteiger partial charge in [-0.25, -0.2) is 0 Å². The topological polar surface area (TPSA) is 59.7 Å². The monoisotopic (exact) mass is 260 g/mol. The molecule has 1 unspecified atom stereocenters. The summed E-state index contributed by atoms with van der Waals surface area (Å²) < 4.78 is 10.1. The Bertz CT molecular complexity index is 514. The van der Waals surface area contributed by atoms with Crippen LogP contribution in [0.3, 0.4) is 0 Å². The van der Waals surface area contributed by atoms with Crippen molar-refractivity contribution in [2.45, 2.75) is 18.8 Å². The van der Waals surface area contributed by atoms with Crippen LogP contribution < -0.4 is 0 Å². The zero-order chi connectivity index (χ0) is 13.7. The van der Waals surface area contributed by atoms with Crippen molar-refractivity contribution in [3.8, 4) is 5.75 Å². The maximum absolute atomic E-state index is 11.5. The van der Waals surface area contributed by atoms with Crippen molar-refractivity contribution in [2.75, 3.05) is 7.11 Å². The maximum Gasteiger partial charge on any atom is 0.306 e. The zero-order valence-electron chi connectivity index (χ0n) is 10.7. The summed E-state index contributed by atoms with van der Waals surface area (Å²) in [4.78, 5) is 11.5. The van der Waals surface area contributed by atoms with Crippen LogP contribution in [0.2, 0.25) is 0 Å². The fraction of sp³-hybridized carbons (Fsp3) is 0.267. The van der Waals surface area contributed by atoms with E-state index in [2.05, 4.69) is 0 Å². The smallest absolute Gasteiger partial charge is 0.306 e. The van der Waals surface area contributed by atoms with Crippen molar-refractivity contribution in [1.29, 1.82) is 0 Å². The van der Waals surface area contributed by atoms with Crippen LogP contribution in [0.25, 0.3) is 0 Å². The van der Waals surface area contributed by atoms with Gasteiger partial charge in [0.1, 0.15) is 11.5 Å². The van der Waals surface area contributed by atoms with E-state index in [1.54, 1.807) is 24.5 Å². The van der Waals surface area contributed by atoms with E-state index in [1.807, 2.05) is 18.2 Å². The van der Waals surface area contributed by atoms with Gasteiger partial charge in [0.05, 0.1) is 19.8 Å². The molecule has 2 aromatic rings. The Morgan fingerprint density at radius 1 is 1.32 bits per heavy atom. The number of ether oxygens (including phenoxy) is 1. The summed E-state index contributed by atoms with van der Waals surface area (Å²) in [5.41, 5.74) is 1.03. The molecule has 0 bridgehead atoms. The Balaban J connectivity index is 2.13. The van der Waals surface area contributed by atoms with Gasteiger partial charge in [-0.2, -0.15) is 0 Å². The van der Waals surface area contributed by atoms with E-state index in [1.165, 1.54) is 7.11 Å². The fourth-order valence-corrected chi connectivity index (χ4v) is 2.00. The number of esters is 1. The average molecular weight is 260 g/mol. The van der Waals surface area contributed by atoms with Gasteiger partial charge >= 0.3 is 5.97 Å². The molecule has 0 aliphatic carbocycles. The van der Waals surface area contributed by atoms with Crippen LogP contribution in [0.5, 0.6) is 5.75 Å². The third-order valence-electron chi connectivity index (χ3n) is 3.00. The van der Waals surface area contributed by atoms with Crippen molar-refractivity contribution < 1.29 is 19.1 Å². The maximum atomic E-state index is 11.5. The van der Waals surface area contributed by atoms with E-state index in [4.69, 9.17) is 9.15 Å². The largest absolute Gasteiger partial charge is 0.508 e. The average Bonchev–Trinajstić information content (AvgIpc) is 2.94. The van der Waals surface area contributed by atoms with Crippen molar-refractivity contribution in [2.24, 2.45) is 0 Å². The highest BCUT2D eigenvalue weighted by atomic mass is 16.5. The van der Waals surface area contributed by atoms with E-state index < -0.39 is 0 Å². The lowest BCUT2D eigenvalue weighted by molar-refractivity contribution is -0.141. The van der Waals surface area contributed by atoms with Gasteiger partial charge in [0, 0.05) is 5.92 Å². The molecule has 100 valence electrons. The first kappa shape index (κ1) is 13.2. The van der Waals surface area contributed by atoms with E-state index in [0.29, 0.717) is 6.42 Å². The van der Waals surface area contributed by atoms with Gasteiger partial charge in [0.25, 0.3) is 0 Å². The molecule has 1 N–H and O–H groups in total. The summed E-state index contributed by atoms with van der Waals surface area (Å²) in [6, 6.07) is 10.6. The number of rotatable bonds is 5. The highest BCUT2D eigenvalue weighted by Gasteiger charge is 2.19. The number of phenolic OH excluding ortho intramolecular Hbond substituents is 1. The molecule has 2 rings (SSSR count). The predicted octanol–water partition coefficient (Wildman–Crippen LogP) is 2.87. The van der Waals surface area contributed by atoms with Crippen LogP contribution in [0.15, 0.2) is 47.1 Å². The van der Waals surface area contributed by atoms with Crippen LogP contribution >= 0.6 is 0 Å². The number of phenols is 1. The van der Waals surface area contributed by atoms with Crippen LogP contribution in [-0.4, -0.2) is 18.2 Å². The van der Waals surface area contributed by atoms with Crippen LogP contribution in [0, 0.1) is 0 Å². The first-order chi connectivity index (χ1) is 9.19. The number of carbonyl (C=O) groups is 1. The molecule has 0 aliphatic rings. The molecule has 0 radical (unpaired) electrons. The molecule has 0 amide bonds. The summed E-state index contributed by atoms with van der Waals surface area (Å²) in [5, 5.41) is 9.27. The minimum atomic E-state index is -0.264. The molecule has 1 aromatic heterocycles. The summed E-state index contributed by atoms with van der Waals surface area (Å²) in [6.07, 6.45) is 2.52. The number of furan rings is 1. The molecule has 0 fully saturated rings. The third-order valence-corrected chi connectivity index (χ3v) is 3.00. The van der Waals surface area contributed by atoms with Crippen molar-refractivity contribution in [3.63, 3.8) is 0 Å². The first-order valence-corrected chi connectivity index (χ1v) is 6.07. The molecule has 0 spiro atoms. The van der Waals surface area contributed by atoms with Gasteiger partial charge in [0.2, 0.25) is 0 Å². The van der Waals surface area contributed by atoms with E-state index in [9.17, 15) is 9.90 Å². The molecular weight excluding hydrogens is 244 g/mol. The van der Waals surface area contributed by atoms with Crippen molar-refractivity contribution >= 4 is 5.97 Å². The van der Waals surface area contributed by atoms with Crippen molar-refractivity contribution in [1.82, 2.24) is 0 Å². The van der Waals surface area contributed by atoms with Gasteiger partial charge in [-0.15, -0.1) is 0 Å². The SMILES string of the molecule is COC(=O)CC(Cc1ccc(O)cc1)c1ccco1. The van der Waals surface area contributed by atoms with E-state index >= 15 is 0 Å². The molecule has 1 heterocycles. The van der Waals surface area contributed by atoms with Crippen molar-refractivity contribution in [3.05, 3.63) is 54.0 Å². The lowest BCUT2D eigenvalue weighted by atomic mass is 9.94. The number of hydrogen-bond donors (Lipinski definition) is 1.